The van der Waals surface area contributed by atoms with Crippen LogP contribution >= 0.6 is 0 Å². The molecule has 4 saturated carbocycles. The number of rotatable bonds is 7. The Balaban J connectivity index is 1.31. The lowest BCUT2D eigenvalue weighted by molar-refractivity contribution is -0.172. The van der Waals surface area contributed by atoms with Gasteiger partial charge in [-0.05, 0) is 142 Å². The first kappa shape index (κ1) is 29.1. The number of carbonyl (C=O) groups is 1. The quantitative estimate of drug-likeness (QED) is 0.311. The van der Waals surface area contributed by atoms with E-state index in [0.29, 0.717) is 29.6 Å². The summed E-state index contributed by atoms with van der Waals surface area (Å²) < 4.78 is 0. The Labute approximate surface area is 235 Å². The molecule has 0 bridgehead atoms. The monoisotopic (exact) mass is 540 g/mol. The lowest BCUT2D eigenvalue weighted by Crippen LogP contribution is -2.58. The van der Waals surface area contributed by atoms with Crippen LogP contribution in [0.3, 0.4) is 0 Å². The van der Waals surface area contributed by atoms with E-state index in [1.54, 1.807) is 18.2 Å². The van der Waals surface area contributed by atoms with Crippen LogP contribution in [-0.2, 0) is 0 Å². The maximum atomic E-state index is 11.6. The van der Waals surface area contributed by atoms with Crippen LogP contribution in [0.1, 0.15) is 121 Å². The fourth-order valence-corrected chi connectivity index (χ4v) is 10.7. The standard InChI is InChI=1S/C34H52O5/c1-20(9-10-26(32(2,3)39)21-7-6-8-22(17-21)31(37)38)25-11-12-27-24-19-30(36)29-18-23(35)13-15-34(29,5)28(24)14-16-33(25,27)4/h6-8,17,20,23-30,35-36,39H,9-16,18-19H2,1-5H3,(H,37,38)/t20-,23?,24+,25-,26-,27+,28+,29?,30?,33-,34-/m1/s1. The average molecular weight is 541 g/mol. The molecule has 0 amide bonds. The van der Waals surface area contributed by atoms with Gasteiger partial charge in [0.15, 0.2) is 0 Å². The minimum Gasteiger partial charge on any atom is -0.478 e. The number of hydrogen-bond acceptors (Lipinski definition) is 4. The van der Waals surface area contributed by atoms with Gasteiger partial charge in [0.05, 0.1) is 23.4 Å². The van der Waals surface area contributed by atoms with Crippen molar-refractivity contribution in [2.75, 3.05) is 0 Å². The molecule has 1 aromatic carbocycles. The van der Waals surface area contributed by atoms with E-state index in [1.165, 1.54) is 25.7 Å². The molecule has 0 saturated heterocycles. The van der Waals surface area contributed by atoms with Gasteiger partial charge in [-0.1, -0.05) is 32.9 Å². The van der Waals surface area contributed by atoms with Crippen LogP contribution in [-0.4, -0.2) is 44.2 Å². The molecule has 0 heterocycles. The molecule has 0 aromatic heterocycles. The minimum absolute atomic E-state index is 0.119. The molecule has 0 radical (unpaired) electrons. The van der Waals surface area contributed by atoms with Gasteiger partial charge in [0.25, 0.3) is 0 Å². The second-order valence-electron chi connectivity index (χ2n) is 15.1. The third-order valence-corrected chi connectivity index (χ3v) is 12.7. The molecule has 39 heavy (non-hydrogen) atoms. The predicted octanol–water partition coefficient (Wildman–Crippen LogP) is 6.65. The van der Waals surface area contributed by atoms with Crippen molar-refractivity contribution in [2.45, 2.75) is 123 Å². The predicted molar refractivity (Wildman–Crippen MR) is 153 cm³/mol. The molecule has 0 spiro atoms. The highest BCUT2D eigenvalue weighted by Gasteiger charge is 2.62. The Morgan fingerprint density at radius 2 is 1.67 bits per heavy atom. The summed E-state index contributed by atoms with van der Waals surface area (Å²) in [4.78, 5) is 11.6. The molecule has 4 N–H and O–H groups in total. The van der Waals surface area contributed by atoms with Crippen LogP contribution in [0.15, 0.2) is 24.3 Å². The molecule has 3 unspecified atom stereocenters. The van der Waals surface area contributed by atoms with E-state index in [2.05, 4.69) is 20.8 Å². The zero-order valence-electron chi connectivity index (χ0n) is 24.8. The number of benzene rings is 1. The molecular weight excluding hydrogens is 488 g/mol. The Morgan fingerprint density at radius 1 is 0.974 bits per heavy atom. The molecule has 5 rings (SSSR count). The van der Waals surface area contributed by atoms with Gasteiger partial charge < -0.3 is 20.4 Å². The van der Waals surface area contributed by atoms with E-state index in [1.807, 2.05) is 19.9 Å². The van der Waals surface area contributed by atoms with Crippen molar-refractivity contribution < 1.29 is 25.2 Å². The highest BCUT2D eigenvalue weighted by Crippen LogP contribution is 2.68. The van der Waals surface area contributed by atoms with Gasteiger partial charge in [-0.25, -0.2) is 4.79 Å². The number of aromatic carboxylic acids is 1. The second-order valence-corrected chi connectivity index (χ2v) is 15.1. The van der Waals surface area contributed by atoms with Crippen molar-refractivity contribution >= 4 is 5.97 Å². The summed E-state index contributed by atoms with van der Waals surface area (Å²) >= 11 is 0. The summed E-state index contributed by atoms with van der Waals surface area (Å²) in [5.74, 6) is 2.23. The molecule has 5 nitrogen and oxygen atoms in total. The lowest BCUT2D eigenvalue weighted by Gasteiger charge is -2.62. The fraction of sp³-hybridized carbons (Fsp3) is 0.794. The third-order valence-electron chi connectivity index (χ3n) is 12.7. The zero-order chi connectivity index (χ0) is 28.3. The highest BCUT2D eigenvalue weighted by atomic mass is 16.4. The highest BCUT2D eigenvalue weighted by molar-refractivity contribution is 5.87. The second kappa shape index (κ2) is 10.4. The minimum atomic E-state index is -0.936. The topological polar surface area (TPSA) is 98.0 Å². The van der Waals surface area contributed by atoms with Crippen LogP contribution in [0.4, 0.5) is 0 Å². The molecule has 4 aliphatic rings. The summed E-state index contributed by atoms with van der Waals surface area (Å²) in [5, 5.41) is 42.3. The van der Waals surface area contributed by atoms with Gasteiger partial charge in [-0.2, -0.15) is 0 Å². The van der Waals surface area contributed by atoms with E-state index in [9.17, 15) is 25.2 Å². The van der Waals surface area contributed by atoms with Crippen LogP contribution in [0.5, 0.6) is 0 Å². The van der Waals surface area contributed by atoms with Crippen molar-refractivity contribution in [1.29, 1.82) is 0 Å². The molecule has 1 aromatic rings. The molecule has 11 atom stereocenters. The molecule has 4 fully saturated rings. The van der Waals surface area contributed by atoms with E-state index < -0.39 is 11.6 Å². The molecule has 218 valence electrons. The average Bonchev–Trinajstić information content (AvgIpc) is 3.22. The maximum Gasteiger partial charge on any atom is 0.335 e. The molecule has 0 aliphatic heterocycles. The van der Waals surface area contributed by atoms with Gasteiger partial charge in [0, 0.05) is 5.92 Å². The summed E-state index contributed by atoms with van der Waals surface area (Å²) in [7, 11) is 0. The fourth-order valence-electron chi connectivity index (χ4n) is 10.7. The number of carboxylic acid groups (broad SMARTS) is 1. The molecule has 5 heteroatoms. The van der Waals surface area contributed by atoms with Gasteiger partial charge in [0.2, 0.25) is 0 Å². The first-order chi connectivity index (χ1) is 18.3. The van der Waals surface area contributed by atoms with Gasteiger partial charge in [-0.3, -0.25) is 0 Å². The number of hydrogen-bond donors (Lipinski definition) is 4. The first-order valence-electron chi connectivity index (χ1n) is 15.7. The normalized spacial score (nSPS) is 41.7. The van der Waals surface area contributed by atoms with E-state index in [0.717, 1.165) is 44.1 Å². The maximum absolute atomic E-state index is 11.6. The Morgan fingerprint density at radius 3 is 2.36 bits per heavy atom. The third kappa shape index (κ3) is 5.10. The summed E-state index contributed by atoms with van der Waals surface area (Å²) in [6, 6.07) is 7.10. The van der Waals surface area contributed by atoms with Crippen LogP contribution in [0.2, 0.25) is 0 Å². The summed E-state index contributed by atoms with van der Waals surface area (Å²) in [6.45, 7) is 11.1. The Kier molecular flexibility index (Phi) is 7.78. The Hall–Kier alpha value is -1.43. The number of aliphatic hydroxyl groups is 3. The van der Waals surface area contributed by atoms with E-state index in [4.69, 9.17) is 0 Å². The number of carboxylic acids is 1. The van der Waals surface area contributed by atoms with E-state index >= 15 is 0 Å². The zero-order valence-corrected chi connectivity index (χ0v) is 24.8. The van der Waals surface area contributed by atoms with Gasteiger partial charge in [0.1, 0.15) is 0 Å². The summed E-state index contributed by atoms with van der Waals surface area (Å²) in [5.41, 5.74) is 0.676. The van der Waals surface area contributed by atoms with Crippen molar-refractivity contribution in [3.63, 3.8) is 0 Å². The SMILES string of the molecule is C[C@H](CC[C@H](c1cccc(C(=O)O)c1)C(C)(C)O)[C@H]1CC[C@H]2[C@@H]3CC(O)C4CC(O)CC[C@]4(C)[C@H]3CC[C@]12C. The number of aliphatic hydroxyl groups excluding tert-OH is 2. The largest absolute Gasteiger partial charge is 0.478 e. The molecule has 4 aliphatic carbocycles. The van der Waals surface area contributed by atoms with Crippen LogP contribution in [0, 0.1) is 46.3 Å². The van der Waals surface area contributed by atoms with Crippen molar-refractivity contribution in [2.24, 2.45) is 46.3 Å². The molecular formula is C34H52O5. The van der Waals surface area contributed by atoms with Crippen LogP contribution in [0.25, 0.3) is 0 Å². The smallest absolute Gasteiger partial charge is 0.335 e. The first-order valence-corrected chi connectivity index (χ1v) is 15.7. The Bertz CT molecular complexity index is 1050. The lowest BCUT2D eigenvalue weighted by atomic mass is 9.43. The van der Waals surface area contributed by atoms with Crippen LogP contribution < -0.4 is 0 Å². The van der Waals surface area contributed by atoms with Crippen molar-refractivity contribution in [3.05, 3.63) is 35.4 Å². The van der Waals surface area contributed by atoms with Crippen molar-refractivity contribution in [3.8, 4) is 0 Å². The van der Waals surface area contributed by atoms with Crippen molar-refractivity contribution in [1.82, 2.24) is 0 Å². The van der Waals surface area contributed by atoms with E-state index in [-0.39, 0.29) is 40.4 Å². The summed E-state index contributed by atoms with van der Waals surface area (Å²) in [6.07, 6.45) is 9.86. The van der Waals surface area contributed by atoms with Gasteiger partial charge >= 0.3 is 5.97 Å². The number of fused-ring (bicyclic) bond motifs is 5. The van der Waals surface area contributed by atoms with Gasteiger partial charge in [-0.15, -0.1) is 0 Å².